The van der Waals surface area contributed by atoms with Gasteiger partial charge in [0.2, 0.25) is 11.5 Å². The molecule has 0 amide bonds. The van der Waals surface area contributed by atoms with Gasteiger partial charge in [0.05, 0.1) is 125 Å². The minimum Gasteiger partial charge on any atom is -1.00 e. The molecule has 73 heavy (non-hydrogen) atoms. The zero-order valence-corrected chi connectivity index (χ0v) is 46.3. The average molecular weight is 1060 g/mol. The first-order valence-electron chi connectivity index (χ1n) is 24.4. The minimum atomic E-state index is -0.278. The van der Waals surface area contributed by atoms with Crippen LogP contribution in [0.1, 0.15) is 84.0 Å². The quantitative estimate of drug-likeness (QED) is 0.0516. The Morgan fingerprint density at radius 2 is 0.849 bits per heavy atom. The summed E-state index contributed by atoms with van der Waals surface area (Å²) in [4.78, 5) is 25.9. The number of carbonyl (C=O) groups excluding carboxylic acids is 2. The van der Waals surface area contributed by atoms with Gasteiger partial charge < -0.3 is 90.6 Å². The number of carbonyl (C=O) groups is 2. The molecule has 0 spiro atoms. The molecule has 6 rings (SSSR count). The number of quaternary nitrogens is 2. The second kappa shape index (κ2) is 27.6. The van der Waals surface area contributed by atoms with Crippen molar-refractivity contribution in [3.63, 3.8) is 0 Å². The Morgan fingerprint density at radius 3 is 1.29 bits per heavy atom. The van der Waals surface area contributed by atoms with E-state index in [0.717, 1.165) is 60.2 Å². The molecule has 2 aliphatic rings. The molecule has 2 aliphatic heterocycles. The molecule has 0 bridgehead atoms. The fourth-order valence-electron chi connectivity index (χ4n) is 10.6. The van der Waals surface area contributed by atoms with E-state index in [-0.39, 0.29) is 68.3 Å². The summed E-state index contributed by atoms with van der Waals surface area (Å²) in [6, 6.07) is 16.3. The maximum atomic E-state index is 12.9. The number of unbranched alkanes of at least 4 members (excludes halogenated alkanes) is 1. The molecule has 0 fully saturated rings. The molecule has 2 heterocycles. The SMILES string of the molecule is COc1cc2c(cc1OC)[C@H](c1cc(OC)c(OC)c(OC)c1)[N@@+](C)(CCCOC(=O)CCCCC(=O)OCCC[N@+]1(C)CCc3cc(OC)c(OC)cc3[C@H]1Cc1cc(OC)c(OC)c(OC)c1)CC2.[Cl-].[Cl-]. The van der Waals surface area contributed by atoms with Gasteiger partial charge in [-0.2, -0.15) is 0 Å². The van der Waals surface area contributed by atoms with E-state index in [0.29, 0.717) is 101 Å². The third-order valence-corrected chi connectivity index (χ3v) is 14.4. The van der Waals surface area contributed by atoms with E-state index in [4.69, 9.17) is 56.8 Å². The number of hydrogen-bond donors (Lipinski definition) is 0. The van der Waals surface area contributed by atoms with Crippen LogP contribution in [0.25, 0.3) is 0 Å². The average Bonchev–Trinajstić information content (AvgIpc) is 3.39. The van der Waals surface area contributed by atoms with Crippen LogP contribution in [-0.2, 0) is 38.3 Å². The van der Waals surface area contributed by atoms with Crippen LogP contribution in [0, 0.1) is 0 Å². The molecule has 0 saturated heterocycles. The van der Waals surface area contributed by atoms with Crippen LogP contribution < -0.4 is 72.2 Å². The first-order chi connectivity index (χ1) is 34.3. The highest BCUT2D eigenvalue weighted by Gasteiger charge is 2.43. The number of ether oxygens (including phenoxy) is 12. The summed E-state index contributed by atoms with van der Waals surface area (Å²) >= 11 is 0. The second-order valence-corrected chi connectivity index (χ2v) is 18.6. The minimum absolute atomic E-state index is 0. The summed E-state index contributed by atoms with van der Waals surface area (Å²) in [6.45, 7) is 3.82. The number of halogens is 2. The van der Waals surface area contributed by atoms with Crippen molar-refractivity contribution in [3.05, 3.63) is 81.9 Å². The Balaban J connectivity index is 0.00000578. The molecular formula is C55H76Cl2N2O14. The Labute approximate surface area is 444 Å². The van der Waals surface area contributed by atoms with Gasteiger partial charge in [-0.1, -0.05) is 0 Å². The Hall–Kier alpha value is -5.68. The second-order valence-electron chi connectivity index (χ2n) is 18.6. The summed E-state index contributed by atoms with van der Waals surface area (Å²) in [5.41, 5.74) is 6.73. The number of fused-ring (bicyclic) bond motifs is 2. The van der Waals surface area contributed by atoms with E-state index in [9.17, 15) is 9.59 Å². The molecule has 0 N–H and O–H groups in total. The number of nitrogens with zero attached hydrogens (tertiary/aromatic N) is 2. The lowest BCUT2D eigenvalue weighted by molar-refractivity contribution is -0.941. The zero-order chi connectivity index (χ0) is 51.3. The predicted octanol–water partition coefficient (Wildman–Crippen LogP) is 2.29. The van der Waals surface area contributed by atoms with Gasteiger partial charge in [0.25, 0.3) is 0 Å². The van der Waals surface area contributed by atoms with Gasteiger partial charge in [0.1, 0.15) is 12.1 Å². The molecule has 0 unspecified atom stereocenters. The molecule has 404 valence electrons. The largest absolute Gasteiger partial charge is 1.00 e. The molecule has 18 heteroatoms. The molecule has 0 aromatic heterocycles. The van der Waals surface area contributed by atoms with Crippen LogP contribution in [-0.4, -0.2) is 145 Å². The fourth-order valence-corrected chi connectivity index (χ4v) is 10.6. The fraction of sp³-hybridized carbons (Fsp3) is 0.527. The smallest absolute Gasteiger partial charge is 0.305 e. The highest BCUT2D eigenvalue weighted by atomic mass is 35.5. The van der Waals surface area contributed by atoms with Crippen LogP contribution in [0.15, 0.2) is 48.5 Å². The van der Waals surface area contributed by atoms with E-state index in [2.05, 4.69) is 38.4 Å². The van der Waals surface area contributed by atoms with E-state index in [1.807, 2.05) is 24.3 Å². The molecule has 0 saturated carbocycles. The standard InChI is InChI=1S/C55H76N2O14.2ClH/c1-56(23-19-37-30-43(60-3)45(62-5)34-40(37)42(56)27-36-28-47(64-7)54(68-11)48(29-36)65-8)21-15-25-70-51(58)17-13-14-18-52(59)71-26-16-22-57(2)24-20-38-31-44(61-4)46(63-6)35-41(38)53(57)39-32-49(66-9)55(69-12)50(33-39)67-10;;/h28-35,42,53H,13-27H2,1-12H3;2*1H/q+2;;/p-2/t42-,53+,56-,57+;;/m1../s1. The van der Waals surface area contributed by atoms with Crippen LogP contribution in [0.3, 0.4) is 0 Å². The summed E-state index contributed by atoms with van der Waals surface area (Å²) < 4.78 is 69.9. The molecule has 0 aliphatic carbocycles. The first kappa shape index (κ1) is 59.9. The Bertz CT molecular complexity index is 2420. The van der Waals surface area contributed by atoms with Gasteiger partial charge in [-0.25, -0.2) is 0 Å². The van der Waals surface area contributed by atoms with Crippen molar-refractivity contribution in [1.29, 1.82) is 0 Å². The van der Waals surface area contributed by atoms with Crippen molar-refractivity contribution in [2.75, 3.05) is 125 Å². The molecule has 0 radical (unpaired) electrons. The van der Waals surface area contributed by atoms with Gasteiger partial charge in [-0.05, 0) is 78.1 Å². The van der Waals surface area contributed by atoms with E-state index >= 15 is 0 Å². The van der Waals surface area contributed by atoms with Crippen molar-refractivity contribution >= 4 is 11.9 Å². The number of hydrogen-bond acceptors (Lipinski definition) is 14. The van der Waals surface area contributed by atoms with Gasteiger partial charge in [0, 0.05) is 61.6 Å². The molecule has 4 atom stereocenters. The summed E-state index contributed by atoms with van der Waals surface area (Å²) in [7, 11) is 20.8. The Kier molecular flexibility index (Phi) is 22.6. The third-order valence-electron chi connectivity index (χ3n) is 14.4. The molecule has 16 nitrogen and oxygen atoms in total. The van der Waals surface area contributed by atoms with Crippen molar-refractivity contribution in [2.24, 2.45) is 0 Å². The van der Waals surface area contributed by atoms with Crippen LogP contribution in [0.5, 0.6) is 57.5 Å². The zero-order valence-electron chi connectivity index (χ0n) is 44.7. The number of methoxy groups -OCH3 is 10. The van der Waals surface area contributed by atoms with Crippen molar-refractivity contribution in [1.82, 2.24) is 0 Å². The van der Waals surface area contributed by atoms with Gasteiger partial charge in [-0.3, -0.25) is 9.59 Å². The highest BCUT2D eigenvalue weighted by molar-refractivity contribution is 5.70. The Morgan fingerprint density at radius 1 is 0.466 bits per heavy atom. The van der Waals surface area contributed by atoms with E-state index in [1.165, 1.54) is 16.7 Å². The lowest BCUT2D eigenvalue weighted by Gasteiger charge is -2.46. The number of likely N-dealkylation sites (N-methyl/N-ethyl adjacent to an activating group) is 2. The summed E-state index contributed by atoms with van der Waals surface area (Å²) in [5, 5.41) is 0. The lowest BCUT2D eigenvalue weighted by Crippen LogP contribution is -3.00. The van der Waals surface area contributed by atoms with Crippen LogP contribution in [0.2, 0.25) is 0 Å². The van der Waals surface area contributed by atoms with Gasteiger partial charge in [0.15, 0.2) is 46.0 Å². The maximum absolute atomic E-state index is 12.9. The summed E-state index contributed by atoms with van der Waals surface area (Å²) in [5.74, 6) is 5.59. The molecule has 4 aromatic rings. The summed E-state index contributed by atoms with van der Waals surface area (Å²) in [6.07, 6.45) is 5.21. The van der Waals surface area contributed by atoms with E-state index in [1.54, 1.807) is 71.1 Å². The van der Waals surface area contributed by atoms with Gasteiger partial charge >= 0.3 is 11.9 Å². The highest BCUT2D eigenvalue weighted by Crippen LogP contribution is 2.49. The topological polar surface area (TPSA) is 145 Å². The molecular weight excluding hydrogens is 984 g/mol. The maximum Gasteiger partial charge on any atom is 0.305 e. The predicted molar refractivity (Wildman–Crippen MR) is 268 cm³/mol. The van der Waals surface area contributed by atoms with Gasteiger partial charge in [-0.15, -0.1) is 0 Å². The monoisotopic (exact) mass is 1060 g/mol. The first-order valence-corrected chi connectivity index (χ1v) is 24.4. The number of benzene rings is 4. The third kappa shape index (κ3) is 13.7. The number of rotatable bonds is 26. The lowest BCUT2D eigenvalue weighted by atomic mass is 9.85. The normalized spacial score (nSPS) is 18.5. The number of esters is 2. The van der Waals surface area contributed by atoms with Crippen molar-refractivity contribution in [2.45, 2.75) is 69.9 Å². The van der Waals surface area contributed by atoms with Crippen molar-refractivity contribution < 1.29 is 100 Å². The van der Waals surface area contributed by atoms with Crippen LogP contribution >= 0.6 is 0 Å². The van der Waals surface area contributed by atoms with Crippen LogP contribution in [0.4, 0.5) is 0 Å². The van der Waals surface area contributed by atoms with Crippen molar-refractivity contribution in [3.8, 4) is 57.5 Å². The molecule has 4 aromatic carbocycles. The van der Waals surface area contributed by atoms with E-state index < -0.39 is 0 Å².